The third kappa shape index (κ3) is 7.27. The average molecular weight is 645 g/mol. The average Bonchev–Trinajstić information content (AvgIpc) is 3.47. The largest absolute Gasteiger partial charge is 0.486 e. The molecule has 0 spiro atoms. The van der Waals surface area contributed by atoms with E-state index in [-0.39, 0.29) is 46.0 Å². The van der Waals surface area contributed by atoms with E-state index in [1.54, 1.807) is 43.1 Å². The molecule has 232 valence electrons. The molecule has 13 heteroatoms. The number of aromatic nitrogens is 2. The maximum absolute atomic E-state index is 13.4. The van der Waals surface area contributed by atoms with Crippen molar-refractivity contribution in [3.05, 3.63) is 107 Å². The van der Waals surface area contributed by atoms with E-state index in [0.717, 1.165) is 16.7 Å². The zero-order valence-electron chi connectivity index (χ0n) is 25.0. The first kappa shape index (κ1) is 31.5. The molecule has 1 aliphatic heterocycles. The lowest BCUT2D eigenvalue weighted by molar-refractivity contribution is -0.752. The van der Waals surface area contributed by atoms with Crippen LogP contribution in [0.2, 0.25) is 0 Å². The van der Waals surface area contributed by atoms with E-state index in [9.17, 15) is 18.0 Å². The van der Waals surface area contributed by atoms with Crippen LogP contribution < -0.4 is 20.8 Å². The number of likely N-dealkylation sites (N-methyl/N-ethyl adjacent to an activating group) is 1. The van der Waals surface area contributed by atoms with Crippen molar-refractivity contribution >= 4 is 57.0 Å². The third-order valence-corrected chi connectivity index (χ3v) is 9.02. The summed E-state index contributed by atoms with van der Waals surface area (Å²) in [5.74, 6) is -0.711. The number of hydrogen-bond acceptors (Lipinski definition) is 6. The zero-order valence-corrected chi connectivity index (χ0v) is 26.6. The molecule has 1 fully saturated rings. The first-order chi connectivity index (χ1) is 21.6. The molecule has 0 saturated carbocycles. The van der Waals surface area contributed by atoms with Crippen molar-refractivity contribution in [3.8, 4) is 0 Å². The number of benzene rings is 3. The van der Waals surface area contributed by atoms with Crippen molar-refractivity contribution in [1.29, 1.82) is 0 Å². The van der Waals surface area contributed by atoms with Gasteiger partial charge in [0, 0.05) is 12.2 Å². The van der Waals surface area contributed by atoms with Gasteiger partial charge in [0.05, 0.1) is 11.3 Å². The number of carbonyl (C=O) groups excluding carboxylic acids is 2. The maximum Gasteiger partial charge on any atom is 0.289 e. The van der Waals surface area contributed by atoms with E-state index in [4.69, 9.17) is 16.7 Å². The number of carbonyl (C=O) groups is 2. The number of rotatable bonds is 10. The van der Waals surface area contributed by atoms with Crippen LogP contribution >= 0.6 is 12.2 Å². The Hall–Kier alpha value is -4.88. The van der Waals surface area contributed by atoms with E-state index >= 15 is 0 Å². The molecule has 1 N–H and O–H groups in total. The number of nitrogens with zero attached hydrogens (tertiary/aromatic N) is 5. The molecule has 3 aromatic carbocycles. The highest BCUT2D eigenvalue weighted by atomic mass is 32.2. The van der Waals surface area contributed by atoms with Crippen molar-refractivity contribution in [3.63, 3.8) is 0 Å². The third-order valence-electron chi connectivity index (χ3n) is 7.29. The molecule has 1 unspecified atom stereocenters. The first-order valence-corrected chi connectivity index (χ1v) is 16.0. The molecule has 11 nitrogen and oxygen atoms in total. The van der Waals surface area contributed by atoms with Crippen LogP contribution in [0.3, 0.4) is 0 Å². The Labute approximate surface area is 266 Å². The molecule has 4 aromatic rings. The van der Waals surface area contributed by atoms with Crippen molar-refractivity contribution in [2.75, 3.05) is 11.9 Å². The number of thiocarbonyl (C=S) groups is 1. The smallest absolute Gasteiger partial charge is 0.289 e. The van der Waals surface area contributed by atoms with Crippen molar-refractivity contribution in [2.24, 2.45) is 11.4 Å². The van der Waals surface area contributed by atoms with Crippen LogP contribution in [-0.2, 0) is 33.2 Å². The Balaban J connectivity index is 1.33. The van der Waals surface area contributed by atoms with Crippen molar-refractivity contribution in [1.82, 2.24) is 15.1 Å². The molecule has 5 rings (SSSR count). The van der Waals surface area contributed by atoms with Crippen molar-refractivity contribution in [2.45, 2.75) is 37.8 Å². The Morgan fingerprint density at radius 2 is 1.69 bits per heavy atom. The Morgan fingerprint density at radius 3 is 2.33 bits per heavy atom. The van der Waals surface area contributed by atoms with Gasteiger partial charge in [-0.3, -0.25) is 19.8 Å². The van der Waals surface area contributed by atoms with Gasteiger partial charge in [0.15, 0.2) is 5.11 Å². The van der Waals surface area contributed by atoms with Gasteiger partial charge >= 0.3 is 0 Å². The molecule has 1 aliphatic rings. The number of sulfonamides is 1. The van der Waals surface area contributed by atoms with Crippen LogP contribution in [0.5, 0.6) is 0 Å². The molecule has 1 atom stereocenters. The maximum atomic E-state index is 13.4. The second kappa shape index (κ2) is 13.4. The van der Waals surface area contributed by atoms with Gasteiger partial charge in [-0.2, -0.15) is 8.42 Å². The zero-order chi connectivity index (χ0) is 32.1. The Morgan fingerprint density at radius 1 is 1.04 bits per heavy atom. The van der Waals surface area contributed by atoms with Gasteiger partial charge in [0.1, 0.15) is 19.6 Å². The topological polar surface area (TPSA) is 130 Å². The molecule has 0 aliphatic carbocycles. The molecule has 0 bridgehead atoms. The fraction of sp³-hybridized carbons (Fsp3) is 0.219. The van der Waals surface area contributed by atoms with E-state index in [2.05, 4.69) is 15.0 Å². The molecule has 2 heterocycles. The highest BCUT2D eigenvalue weighted by Gasteiger charge is 2.44. The summed E-state index contributed by atoms with van der Waals surface area (Å²) in [5.41, 5.74) is 3.54. The second-order valence-corrected chi connectivity index (χ2v) is 12.4. The minimum atomic E-state index is -4.12. The molecular weight excluding hydrogens is 613 g/mol. The number of nitrogens with one attached hydrogen (secondary N) is 1. The number of aryl methyl sites for hydroxylation is 2. The summed E-state index contributed by atoms with van der Waals surface area (Å²) in [6.07, 6.45) is 3.80. The predicted octanol–water partition coefficient (Wildman–Crippen LogP) is 3.18. The first-order valence-electron chi connectivity index (χ1n) is 14.2. The Bertz CT molecular complexity index is 1910. The SMILES string of the molecule is CCN1C(=O)C(CC(=O)Nc2ccc(/C=C/c3ccccc3)cc2)N(Cc2/c(=N/S(=O)(=O)c3ccc(C)cc3)o[n-][n+]2C)C1=S. The van der Waals surface area contributed by atoms with Gasteiger partial charge in [0.2, 0.25) is 5.91 Å². The molecule has 45 heavy (non-hydrogen) atoms. The van der Waals surface area contributed by atoms with Gasteiger partial charge in [-0.25, -0.2) is 4.68 Å². The molecule has 1 saturated heterocycles. The minimum Gasteiger partial charge on any atom is -0.486 e. The van der Waals surface area contributed by atoms with Crippen molar-refractivity contribution < 1.29 is 27.2 Å². The quantitative estimate of drug-likeness (QED) is 0.158. The lowest BCUT2D eigenvalue weighted by atomic mass is 10.1. The summed E-state index contributed by atoms with van der Waals surface area (Å²) in [7, 11) is -2.56. The summed E-state index contributed by atoms with van der Waals surface area (Å²) in [5, 5.41) is 6.91. The van der Waals surface area contributed by atoms with Gasteiger partial charge in [0.25, 0.3) is 27.2 Å². The number of amides is 2. The lowest BCUT2D eigenvalue weighted by Gasteiger charge is -2.22. The van der Waals surface area contributed by atoms with Gasteiger partial charge in [-0.1, -0.05) is 72.3 Å². The molecular formula is C32H32N6O5S2. The van der Waals surface area contributed by atoms with Crippen LogP contribution in [0.25, 0.3) is 12.2 Å². The van der Waals surface area contributed by atoms with Crippen LogP contribution in [0, 0.1) is 6.92 Å². The fourth-order valence-corrected chi connectivity index (χ4v) is 6.15. The molecule has 1 aromatic heterocycles. The minimum absolute atomic E-state index is 0.00284. The second-order valence-electron chi connectivity index (χ2n) is 10.5. The Kier molecular flexibility index (Phi) is 9.40. The van der Waals surface area contributed by atoms with E-state index in [0.29, 0.717) is 12.2 Å². The van der Waals surface area contributed by atoms with E-state index in [1.807, 2.05) is 61.5 Å². The van der Waals surface area contributed by atoms with Gasteiger partial charge in [-0.15, -0.1) is 4.40 Å². The number of anilines is 1. The molecule has 2 amide bonds. The highest BCUT2D eigenvalue weighted by molar-refractivity contribution is 7.90. The van der Waals surface area contributed by atoms with Crippen LogP contribution in [0.15, 0.2) is 92.7 Å². The van der Waals surface area contributed by atoms with Gasteiger partial charge in [-0.05, 0) is 61.5 Å². The fourth-order valence-electron chi connectivity index (χ4n) is 4.80. The van der Waals surface area contributed by atoms with E-state index < -0.39 is 16.1 Å². The van der Waals surface area contributed by atoms with Gasteiger partial charge < -0.3 is 14.7 Å². The number of hydrogen-bond donors (Lipinski definition) is 1. The predicted molar refractivity (Wildman–Crippen MR) is 172 cm³/mol. The normalized spacial score (nSPS) is 15.8. The monoisotopic (exact) mass is 644 g/mol. The lowest BCUT2D eigenvalue weighted by Crippen LogP contribution is -2.45. The van der Waals surface area contributed by atoms with Crippen LogP contribution in [-0.4, -0.2) is 47.7 Å². The van der Waals surface area contributed by atoms with Crippen LogP contribution in [0.4, 0.5) is 5.69 Å². The summed E-state index contributed by atoms with van der Waals surface area (Å²) in [6.45, 7) is 3.87. The standard InChI is InChI=1S/C32H32N6O5S2/c1-4-37-31(40)27(20-29(39)33-25-16-14-24(15-17-25)13-12-23-8-6-5-7-9-23)38(32(37)44)21-28-30(43-35-36(28)3)34-45(41,42)26-18-10-22(2)11-19-26/h5-19,27H,4,20-21H2,1-3H3,(H,33,39)/b13-12+,34-30-. The summed E-state index contributed by atoms with van der Waals surface area (Å²) in [6, 6.07) is 22.6. The summed E-state index contributed by atoms with van der Waals surface area (Å²) in [4.78, 5) is 29.5. The summed E-state index contributed by atoms with van der Waals surface area (Å²) >= 11 is 5.61. The van der Waals surface area contributed by atoms with Crippen LogP contribution in [0.1, 0.15) is 35.7 Å². The summed E-state index contributed by atoms with van der Waals surface area (Å²) < 4.78 is 36.5. The molecule has 0 radical (unpaired) electrons. The van der Waals surface area contributed by atoms with E-state index in [1.165, 1.54) is 21.7 Å². The highest BCUT2D eigenvalue weighted by Crippen LogP contribution is 2.23.